The molecule has 0 aliphatic heterocycles. The molecule has 0 spiro atoms. The van der Waals surface area contributed by atoms with Crippen LogP contribution in [0.15, 0.2) is 0 Å². The van der Waals surface area contributed by atoms with Crippen LogP contribution >= 0.6 is 11.3 Å². The van der Waals surface area contributed by atoms with Crippen LogP contribution in [0.4, 0.5) is 0 Å². The number of thiazole rings is 1. The van der Waals surface area contributed by atoms with E-state index < -0.39 is 28.4 Å². The lowest BCUT2D eigenvalue weighted by molar-refractivity contribution is 0.0685. The molecule has 6 nitrogen and oxygen atoms in total. The number of carbonyl (C=O) groups is 3. The first-order chi connectivity index (χ1) is 6.43. The predicted molar refractivity (Wildman–Crippen MR) is 46.0 cm³/mol. The zero-order valence-corrected chi connectivity index (χ0v) is 7.79. The average molecular weight is 215 g/mol. The number of carbonyl (C=O) groups excluding carboxylic acids is 1. The smallest absolute Gasteiger partial charge is 0.365 e. The van der Waals surface area contributed by atoms with Crippen molar-refractivity contribution in [2.45, 2.75) is 6.92 Å². The third-order valence-corrected chi connectivity index (χ3v) is 2.48. The molecule has 1 aromatic rings. The molecule has 1 aromatic heterocycles. The fraction of sp³-hybridized carbons (Fsp3) is 0.143. The Labute approximate surface area is 81.8 Å². The van der Waals surface area contributed by atoms with Crippen molar-refractivity contribution in [1.29, 1.82) is 0 Å². The maximum atomic E-state index is 10.9. The standard InChI is InChI=1S/C7H5NO5S/c1-2(9)4-3(6(10)11)8-5(14-4)7(12)13/h1H3,(H,10,11)(H,12,13). The summed E-state index contributed by atoms with van der Waals surface area (Å²) in [6.45, 7) is 1.16. The molecule has 0 aromatic carbocycles. The fourth-order valence-electron chi connectivity index (χ4n) is 0.795. The zero-order chi connectivity index (χ0) is 10.9. The molecular formula is C7H5NO5S. The Morgan fingerprint density at radius 3 is 2.07 bits per heavy atom. The topological polar surface area (TPSA) is 105 Å². The Hall–Kier alpha value is -1.76. The number of hydrogen-bond donors (Lipinski definition) is 2. The minimum Gasteiger partial charge on any atom is -0.476 e. The van der Waals surface area contributed by atoms with E-state index in [4.69, 9.17) is 10.2 Å². The summed E-state index contributed by atoms with van der Waals surface area (Å²) in [5.74, 6) is -3.25. The van der Waals surface area contributed by atoms with Gasteiger partial charge in [0, 0.05) is 6.92 Å². The zero-order valence-electron chi connectivity index (χ0n) is 6.97. The molecule has 0 radical (unpaired) electrons. The van der Waals surface area contributed by atoms with E-state index in [1.165, 1.54) is 0 Å². The summed E-state index contributed by atoms with van der Waals surface area (Å²) in [5, 5.41) is 16.7. The van der Waals surface area contributed by atoms with E-state index in [0.717, 1.165) is 6.92 Å². The molecular weight excluding hydrogens is 210 g/mol. The van der Waals surface area contributed by atoms with E-state index in [1.807, 2.05) is 0 Å². The number of Topliss-reactive ketones (excluding diaryl/α,β-unsaturated/α-hetero) is 1. The normalized spacial score (nSPS) is 9.79. The molecule has 0 aliphatic rings. The van der Waals surface area contributed by atoms with E-state index in [-0.39, 0.29) is 4.88 Å². The Bertz CT molecular complexity index is 390. The van der Waals surface area contributed by atoms with E-state index in [1.54, 1.807) is 0 Å². The summed E-state index contributed by atoms with van der Waals surface area (Å²) in [5.41, 5.74) is -0.500. The van der Waals surface area contributed by atoms with E-state index >= 15 is 0 Å². The molecule has 0 unspecified atom stereocenters. The van der Waals surface area contributed by atoms with Gasteiger partial charge < -0.3 is 10.2 Å². The minimum atomic E-state index is -1.40. The first-order valence-corrected chi connectivity index (χ1v) is 4.23. The van der Waals surface area contributed by atoms with Crippen molar-refractivity contribution in [2.24, 2.45) is 0 Å². The molecule has 0 aliphatic carbocycles. The highest BCUT2D eigenvalue weighted by molar-refractivity contribution is 7.15. The van der Waals surface area contributed by atoms with Crippen molar-refractivity contribution in [3.8, 4) is 0 Å². The van der Waals surface area contributed by atoms with Crippen LogP contribution in [0.1, 0.15) is 36.9 Å². The van der Waals surface area contributed by atoms with Crippen molar-refractivity contribution >= 4 is 29.1 Å². The van der Waals surface area contributed by atoms with Gasteiger partial charge in [0.15, 0.2) is 11.5 Å². The summed E-state index contributed by atoms with van der Waals surface area (Å²) in [6, 6.07) is 0. The molecule has 0 bridgehead atoms. The minimum absolute atomic E-state index is 0.144. The second kappa shape index (κ2) is 3.54. The summed E-state index contributed by atoms with van der Waals surface area (Å²) < 4.78 is 0. The van der Waals surface area contributed by atoms with Crippen LogP contribution in [0.25, 0.3) is 0 Å². The number of hydrogen-bond acceptors (Lipinski definition) is 5. The van der Waals surface area contributed by atoms with Crippen LogP contribution in [0, 0.1) is 0 Å². The lowest BCUT2D eigenvalue weighted by Gasteiger charge is -1.88. The number of nitrogens with zero attached hydrogens (tertiary/aromatic N) is 1. The van der Waals surface area contributed by atoms with Gasteiger partial charge in [-0.15, -0.1) is 11.3 Å². The second-order valence-corrected chi connectivity index (χ2v) is 3.36. The van der Waals surface area contributed by atoms with Crippen molar-refractivity contribution in [2.75, 3.05) is 0 Å². The largest absolute Gasteiger partial charge is 0.476 e. The molecule has 1 rings (SSSR count). The van der Waals surface area contributed by atoms with Crippen molar-refractivity contribution in [3.05, 3.63) is 15.6 Å². The number of rotatable bonds is 3. The number of ketones is 1. The van der Waals surface area contributed by atoms with E-state index in [0.29, 0.717) is 11.3 Å². The molecule has 7 heteroatoms. The molecule has 0 saturated carbocycles. The van der Waals surface area contributed by atoms with Gasteiger partial charge in [0.1, 0.15) is 4.88 Å². The molecule has 74 valence electrons. The number of aromatic nitrogens is 1. The number of aromatic carboxylic acids is 2. The van der Waals surface area contributed by atoms with Gasteiger partial charge in [-0.05, 0) is 0 Å². The van der Waals surface area contributed by atoms with Crippen molar-refractivity contribution < 1.29 is 24.6 Å². The van der Waals surface area contributed by atoms with Gasteiger partial charge in [0.2, 0.25) is 5.01 Å². The highest BCUT2D eigenvalue weighted by atomic mass is 32.1. The molecule has 14 heavy (non-hydrogen) atoms. The van der Waals surface area contributed by atoms with Gasteiger partial charge in [0.05, 0.1) is 0 Å². The summed E-state index contributed by atoms with van der Waals surface area (Å²) >= 11 is 0.563. The fourth-order valence-corrected chi connectivity index (χ4v) is 1.59. The van der Waals surface area contributed by atoms with Crippen LogP contribution < -0.4 is 0 Å². The lowest BCUT2D eigenvalue weighted by Crippen LogP contribution is -2.04. The molecule has 1 heterocycles. The first kappa shape index (κ1) is 10.3. The third kappa shape index (κ3) is 1.77. The third-order valence-electron chi connectivity index (χ3n) is 1.33. The van der Waals surface area contributed by atoms with Gasteiger partial charge in [-0.25, -0.2) is 14.6 Å². The Morgan fingerprint density at radius 2 is 1.79 bits per heavy atom. The molecule has 0 amide bonds. The SMILES string of the molecule is CC(=O)c1sc(C(=O)O)nc1C(=O)O. The maximum Gasteiger partial charge on any atom is 0.365 e. The van der Waals surface area contributed by atoms with Gasteiger partial charge in [0.25, 0.3) is 0 Å². The number of carboxylic acid groups (broad SMARTS) is 2. The Morgan fingerprint density at radius 1 is 1.21 bits per heavy atom. The molecule has 0 fully saturated rings. The molecule has 2 N–H and O–H groups in total. The quantitative estimate of drug-likeness (QED) is 0.720. The monoisotopic (exact) mass is 215 g/mol. The van der Waals surface area contributed by atoms with Gasteiger partial charge in [-0.2, -0.15) is 0 Å². The van der Waals surface area contributed by atoms with Crippen LogP contribution in [0.3, 0.4) is 0 Å². The highest BCUT2D eigenvalue weighted by Gasteiger charge is 2.22. The first-order valence-electron chi connectivity index (χ1n) is 3.42. The van der Waals surface area contributed by atoms with Gasteiger partial charge >= 0.3 is 11.9 Å². The van der Waals surface area contributed by atoms with Gasteiger partial charge in [-0.1, -0.05) is 0 Å². The molecule has 0 atom stereocenters. The van der Waals surface area contributed by atoms with Crippen LogP contribution in [0.5, 0.6) is 0 Å². The average Bonchev–Trinajstić information content (AvgIpc) is 2.47. The molecule has 0 saturated heterocycles. The van der Waals surface area contributed by atoms with E-state index in [9.17, 15) is 14.4 Å². The van der Waals surface area contributed by atoms with Crippen molar-refractivity contribution in [1.82, 2.24) is 4.98 Å². The summed E-state index contributed by atoms with van der Waals surface area (Å²) in [7, 11) is 0. The predicted octanol–water partition coefficient (Wildman–Crippen LogP) is 0.742. The van der Waals surface area contributed by atoms with Crippen LogP contribution in [-0.2, 0) is 0 Å². The second-order valence-electron chi connectivity index (χ2n) is 2.36. The van der Waals surface area contributed by atoms with Crippen LogP contribution in [-0.4, -0.2) is 32.9 Å². The Balaban J connectivity index is 3.33. The number of carboxylic acids is 2. The Kier molecular flexibility index (Phi) is 2.61. The lowest BCUT2D eigenvalue weighted by atomic mass is 10.3. The summed E-state index contributed by atoms with van der Waals surface area (Å²) in [4.78, 5) is 35.1. The van der Waals surface area contributed by atoms with Gasteiger partial charge in [-0.3, -0.25) is 4.79 Å². The van der Waals surface area contributed by atoms with Crippen LogP contribution in [0.2, 0.25) is 0 Å². The summed E-state index contributed by atoms with van der Waals surface area (Å²) in [6.07, 6.45) is 0. The van der Waals surface area contributed by atoms with E-state index in [2.05, 4.69) is 4.98 Å². The highest BCUT2D eigenvalue weighted by Crippen LogP contribution is 2.19. The van der Waals surface area contributed by atoms with Crippen molar-refractivity contribution in [3.63, 3.8) is 0 Å². The maximum absolute atomic E-state index is 10.9.